The van der Waals surface area contributed by atoms with Crippen molar-refractivity contribution in [2.75, 3.05) is 38.4 Å². The van der Waals surface area contributed by atoms with Gasteiger partial charge in [0.15, 0.2) is 17.3 Å². The summed E-state index contributed by atoms with van der Waals surface area (Å²) in [5.74, 6) is 0.869. The lowest BCUT2D eigenvalue weighted by Crippen LogP contribution is -2.32. The van der Waals surface area contributed by atoms with Gasteiger partial charge < -0.3 is 24.0 Å². The van der Waals surface area contributed by atoms with Crippen LogP contribution in [0.4, 0.5) is 10.2 Å². The Morgan fingerprint density at radius 3 is 2.97 bits per heavy atom. The molecule has 4 heterocycles. The molecule has 2 N–H and O–H groups in total. The van der Waals surface area contributed by atoms with Crippen LogP contribution in [-0.4, -0.2) is 65.0 Å². The van der Waals surface area contributed by atoms with E-state index in [1.807, 2.05) is 12.1 Å². The third-order valence-electron chi connectivity index (χ3n) is 5.83. The summed E-state index contributed by atoms with van der Waals surface area (Å²) >= 11 is 0. The lowest BCUT2D eigenvalue weighted by molar-refractivity contribution is 0.144. The van der Waals surface area contributed by atoms with E-state index in [4.69, 9.17) is 14.0 Å². The standard InChI is InChI=1S/C23H24FN5O4/c1-31-7-8-32-20-11-19-16(9-17(20)24)23(27-26-19)21-10-18(28-33-21)14-4-5-22(25-12-14)29-6-2-3-15(29)13-30/h4-5,9-12,15,30H,2-3,6-8,13H2,1H3,(H,26,27)/t15-/m1/s1. The van der Waals surface area contributed by atoms with Crippen molar-refractivity contribution < 1.29 is 23.5 Å². The number of aliphatic hydroxyl groups excluding tert-OH is 1. The number of halogens is 1. The smallest absolute Gasteiger partial charge is 0.188 e. The van der Waals surface area contributed by atoms with Gasteiger partial charge in [-0.25, -0.2) is 9.37 Å². The van der Waals surface area contributed by atoms with Crippen molar-refractivity contribution in [2.45, 2.75) is 18.9 Å². The molecule has 5 rings (SSSR count). The molecule has 0 unspecified atom stereocenters. The summed E-state index contributed by atoms with van der Waals surface area (Å²) in [7, 11) is 1.56. The van der Waals surface area contributed by atoms with Crippen LogP contribution in [0.2, 0.25) is 0 Å². The molecular formula is C23H24FN5O4. The van der Waals surface area contributed by atoms with Crippen LogP contribution in [0.5, 0.6) is 5.75 Å². The van der Waals surface area contributed by atoms with Crippen molar-refractivity contribution in [1.29, 1.82) is 0 Å². The van der Waals surface area contributed by atoms with Crippen LogP contribution in [0.15, 0.2) is 41.1 Å². The monoisotopic (exact) mass is 453 g/mol. The SMILES string of the molecule is COCCOc1cc2[nH]nc(-c3cc(-c4ccc(N5CCC[C@@H]5CO)nc4)no3)c2cc1F. The molecule has 172 valence electrons. The number of hydrogen-bond acceptors (Lipinski definition) is 8. The van der Waals surface area contributed by atoms with Crippen molar-refractivity contribution in [1.82, 2.24) is 20.3 Å². The van der Waals surface area contributed by atoms with Gasteiger partial charge in [0.25, 0.3) is 0 Å². The van der Waals surface area contributed by atoms with Crippen molar-refractivity contribution in [3.05, 3.63) is 42.3 Å². The Bertz CT molecular complexity index is 1240. The lowest BCUT2D eigenvalue weighted by atomic mass is 10.1. The predicted molar refractivity (Wildman–Crippen MR) is 120 cm³/mol. The highest BCUT2D eigenvalue weighted by Gasteiger charge is 2.25. The summed E-state index contributed by atoms with van der Waals surface area (Å²) in [6, 6.07) is 8.63. The molecular weight excluding hydrogens is 429 g/mol. The Morgan fingerprint density at radius 2 is 2.18 bits per heavy atom. The van der Waals surface area contributed by atoms with Crippen molar-refractivity contribution >= 4 is 16.7 Å². The first-order chi connectivity index (χ1) is 16.2. The van der Waals surface area contributed by atoms with Gasteiger partial charge in [0, 0.05) is 42.9 Å². The van der Waals surface area contributed by atoms with Crippen LogP contribution in [0.25, 0.3) is 33.6 Å². The maximum Gasteiger partial charge on any atom is 0.188 e. The number of methoxy groups -OCH3 is 1. The van der Waals surface area contributed by atoms with E-state index in [9.17, 15) is 9.50 Å². The van der Waals surface area contributed by atoms with Crippen LogP contribution in [0.3, 0.4) is 0 Å². The molecule has 0 bridgehead atoms. The molecule has 1 aliphatic heterocycles. The first-order valence-corrected chi connectivity index (χ1v) is 10.8. The largest absolute Gasteiger partial charge is 0.488 e. The first kappa shape index (κ1) is 21.4. The van der Waals surface area contributed by atoms with Crippen molar-refractivity contribution in [2.24, 2.45) is 0 Å². The topological polar surface area (TPSA) is 110 Å². The van der Waals surface area contributed by atoms with Crippen molar-refractivity contribution in [3.8, 4) is 28.5 Å². The third-order valence-corrected chi connectivity index (χ3v) is 5.83. The fraction of sp³-hybridized carbons (Fsp3) is 0.348. The number of nitrogens with zero attached hydrogens (tertiary/aromatic N) is 4. The minimum atomic E-state index is -0.496. The fourth-order valence-corrected chi connectivity index (χ4v) is 4.11. The Hall–Kier alpha value is -3.50. The fourth-order valence-electron chi connectivity index (χ4n) is 4.11. The quantitative estimate of drug-likeness (QED) is 0.391. The highest BCUT2D eigenvalue weighted by atomic mass is 19.1. The molecule has 10 heteroatoms. The van der Waals surface area contributed by atoms with Gasteiger partial charge in [0.1, 0.15) is 23.8 Å². The van der Waals surface area contributed by atoms with E-state index < -0.39 is 5.82 Å². The number of fused-ring (bicyclic) bond motifs is 1. The molecule has 4 aromatic rings. The zero-order valence-electron chi connectivity index (χ0n) is 18.1. The molecule has 9 nitrogen and oxygen atoms in total. The molecule has 1 aromatic carbocycles. The van der Waals surface area contributed by atoms with Gasteiger partial charge in [-0.2, -0.15) is 5.10 Å². The normalized spacial score (nSPS) is 16.1. The average Bonchev–Trinajstić information content (AvgIpc) is 3.58. The van der Waals surface area contributed by atoms with E-state index in [0.717, 1.165) is 30.8 Å². The van der Waals surface area contributed by atoms with Gasteiger partial charge in [-0.05, 0) is 31.0 Å². The zero-order valence-corrected chi connectivity index (χ0v) is 18.1. The highest BCUT2D eigenvalue weighted by Crippen LogP contribution is 2.33. The molecule has 0 radical (unpaired) electrons. The van der Waals surface area contributed by atoms with E-state index in [-0.39, 0.29) is 25.0 Å². The molecule has 0 amide bonds. The minimum absolute atomic E-state index is 0.112. The molecule has 1 saturated heterocycles. The van der Waals surface area contributed by atoms with Crippen LogP contribution in [-0.2, 0) is 4.74 Å². The van der Waals surface area contributed by atoms with Crippen molar-refractivity contribution in [3.63, 3.8) is 0 Å². The number of anilines is 1. The number of aromatic amines is 1. The van der Waals surface area contributed by atoms with Gasteiger partial charge in [-0.15, -0.1) is 0 Å². The van der Waals surface area contributed by atoms with Gasteiger partial charge >= 0.3 is 0 Å². The maximum absolute atomic E-state index is 14.5. The van der Waals surface area contributed by atoms with E-state index in [0.29, 0.717) is 34.7 Å². The third kappa shape index (κ3) is 4.14. The second-order valence-corrected chi connectivity index (χ2v) is 7.90. The number of rotatable bonds is 8. The highest BCUT2D eigenvalue weighted by molar-refractivity contribution is 5.92. The van der Waals surface area contributed by atoms with E-state index in [1.165, 1.54) is 6.07 Å². The molecule has 1 fully saturated rings. The number of H-pyrrole nitrogens is 1. The summed E-state index contributed by atoms with van der Waals surface area (Å²) in [4.78, 5) is 6.67. The van der Waals surface area contributed by atoms with E-state index in [2.05, 4.69) is 25.2 Å². The zero-order chi connectivity index (χ0) is 22.8. The number of ether oxygens (including phenoxy) is 2. The van der Waals surface area contributed by atoms with Gasteiger partial charge in [-0.1, -0.05) is 5.16 Å². The van der Waals surface area contributed by atoms with Gasteiger partial charge in [-0.3, -0.25) is 5.10 Å². The Balaban J connectivity index is 1.38. The maximum atomic E-state index is 14.5. The van der Waals surface area contributed by atoms with Crippen LogP contribution < -0.4 is 9.64 Å². The number of benzene rings is 1. The van der Waals surface area contributed by atoms with E-state index in [1.54, 1.807) is 25.4 Å². The molecule has 0 spiro atoms. The molecule has 1 aliphatic rings. The summed E-state index contributed by atoms with van der Waals surface area (Å²) in [6.45, 7) is 1.61. The summed E-state index contributed by atoms with van der Waals surface area (Å²) in [5.41, 5.74) is 2.46. The summed E-state index contributed by atoms with van der Waals surface area (Å²) < 4.78 is 30.4. The van der Waals surface area contributed by atoms with Gasteiger partial charge in [0.2, 0.25) is 0 Å². The lowest BCUT2D eigenvalue weighted by Gasteiger charge is -2.23. The second kappa shape index (κ2) is 9.16. The predicted octanol–water partition coefficient (Wildman–Crippen LogP) is 3.41. The number of pyridine rings is 1. The minimum Gasteiger partial charge on any atom is -0.488 e. The van der Waals surface area contributed by atoms with Crippen LogP contribution in [0.1, 0.15) is 12.8 Å². The summed E-state index contributed by atoms with van der Waals surface area (Å²) in [6.07, 6.45) is 3.74. The van der Waals surface area contributed by atoms with Crippen LogP contribution >= 0.6 is 0 Å². The molecule has 0 saturated carbocycles. The molecule has 1 atom stereocenters. The molecule has 0 aliphatic carbocycles. The summed E-state index contributed by atoms with van der Waals surface area (Å²) in [5, 5.41) is 21.4. The molecule has 33 heavy (non-hydrogen) atoms. The second-order valence-electron chi connectivity index (χ2n) is 7.90. The number of aromatic nitrogens is 4. The number of aliphatic hydroxyl groups is 1. The van der Waals surface area contributed by atoms with Gasteiger partial charge in [0.05, 0.1) is 24.8 Å². The molecule has 3 aromatic heterocycles. The Morgan fingerprint density at radius 1 is 1.27 bits per heavy atom. The Labute approximate surface area is 189 Å². The Kier molecular flexibility index (Phi) is 5.93. The van der Waals surface area contributed by atoms with E-state index >= 15 is 0 Å². The average molecular weight is 453 g/mol. The first-order valence-electron chi connectivity index (χ1n) is 10.8. The number of hydrogen-bond donors (Lipinski definition) is 2. The number of nitrogens with one attached hydrogen (secondary N) is 1. The van der Waals surface area contributed by atoms with Crippen LogP contribution in [0, 0.1) is 5.82 Å².